The Morgan fingerprint density at radius 1 is 1.54 bits per heavy atom. The van der Waals surface area contributed by atoms with Crippen molar-refractivity contribution in [2.45, 2.75) is 6.54 Å². The molecule has 0 fully saturated rings. The molecule has 3 nitrogen and oxygen atoms in total. The monoisotopic (exact) mass is 291 g/mol. The Labute approximate surface area is 88.2 Å². The van der Waals surface area contributed by atoms with Crippen LogP contribution in [0.2, 0.25) is 0 Å². The summed E-state index contributed by atoms with van der Waals surface area (Å²) in [5.74, 6) is 0.159. The zero-order chi connectivity index (χ0) is 9.52. The summed E-state index contributed by atoms with van der Waals surface area (Å²) in [4.78, 5) is 17.1. The minimum atomic E-state index is 0.0602. The molecule has 0 atom stereocenters. The molecule has 0 aliphatic carbocycles. The number of carbonyl (C=O) groups excluding carboxylic acids is 1. The number of hydrogen-bond donors (Lipinski definition) is 1. The van der Waals surface area contributed by atoms with Crippen LogP contribution in [-0.2, 0) is 11.3 Å². The summed E-state index contributed by atoms with van der Waals surface area (Å²) in [5.41, 5.74) is 1.10. The first kappa shape index (κ1) is 10.4. The van der Waals surface area contributed by atoms with Crippen LogP contribution in [0, 0.1) is 0 Å². The Balaban J connectivity index is 2.31. The average Bonchev–Trinajstić information content (AvgIpc) is 2.17. The van der Waals surface area contributed by atoms with E-state index in [1.54, 1.807) is 12.4 Å². The Morgan fingerprint density at radius 3 is 2.85 bits per heavy atom. The van der Waals surface area contributed by atoms with Gasteiger partial charge in [0.15, 0.2) is 0 Å². The number of carbonyl (C=O) groups is 1. The number of nitrogens with zero attached hydrogens (tertiary/aromatic N) is 1. The predicted molar refractivity (Wildman–Crippen MR) is 46.9 cm³/mol. The zero-order valence-corrected chi connectivity index (χ0v) is 9.61. The number of aromatic nitrogens is 1. The van der Waals surface area contributed by atoms with Crippen LogP contribution < -0.4 is 26.5 Å². The van der Waals surface area contributed by atoms with E-state index in [4.69, 9.17) is 0 Å². The summed E-state index contributed by atoms with van der Waals surface area (Å²) in [5, 5.41) is 2.86. The second-order valence-corrected chi connectivity index (χ2v) is 4.82. The quantitative estimate of drug-likeness (QED) is 0.489. The van der Waals surface area contributed by atoms with Gasteiger partial charge in [0.25, 0.3) is 0 Å². The minimum absolute atomic E-state index is 0.0602. The van der Waals surface area contributed by atoms with E-state index in [0.29, 0.717) is 11.0 Å². The van der Waals surface area contributed by atoms with Gasteiger partial charge in [0.1, 0.15) is 0 Å². The fraction of sp³-hybridized carbons (Fsp3) is 0.333. The summed E-state index contributed by atoms with van der Waals surface area (Å²) in [7, 11) is 0. The molecule has 0 saturated heterocycles. The molecule has 1 aromatic rings. The van der Waals surface area contributed by atoms with Crippen molar-refractivity contribution >= 4 is 5.91 Å². The van der Waals surface area contributed by atoms with E-state index in [1.165, 1.54) is 0 Å². The maximum atomic E-state index is 11.1. The van der Waals surface area contributed by atoms with Crippen molar-refractivity contribution in [1.82, 2.24) is 10.3 Å². The molecule has 0 aliphatic rings. The van der Waals surface area contributed by atoms with E-state index < -0.39 is 0 Å². The van der Waals surface area contributed by atoms with Crippen molar-refractivity contribution in [3.05, 3.63) is 30.1 Å². The molecular weight excluding hydrogens is 279 g/mol. The zero-order valence-electron chi connectivity index (χ0n) is 7.46. The van der Waals surface area contributed by atoms with Crippen molar-refractivity contribution in [2.24, 2.45) is 0 Å². The molecular formula is C9H12IN2O-. The average molecular weight is 291 g/mol. The van der Waals surface area contributed by atoms with Crippen LogP contribution in [0.4, 0.5) is 0 Å². The van der Waals surface area contributed by atoms with Gasteiger partial charge in [-0.2, -0.15) is 0 Å². The van der Waals surface area contributed by atoms with E-state index in [-0.39, 0.29) is 27.1 Å². The number of amides is 1. The van der Waals surface area contributed by atoms with Gasteiger partial charge in [-0.1, -0.05) is 0 Å². The summed E-state index contributed by atoms with van der Waals surface area (Å²) in [6, 6.07) is 3.81. The number of halogens is 1. The number of pyridine rings is 1. The predicted octanol–water partition coefficient (Wildman–Crippen LogP) is -2.58. The number of rotatable bonds is 4. The second kappa shape index (κ2) is 5.90. The molecule has 0 saturated carbocycles. The fourth-order valence-corrected chi connectivity index (χ4v) is 1.83. The van der Waals surface area contributed by atoms with Gasteiger partial charge in [-0.25, -0.2) is 0 Å². The van der Waals surface area contributed by atoms with E-state index in [1.807, 2.05) is 12.1 Å². The molecule has 1 aromatic heterocycles. The van der Waals surface area contributed by atoms with Crippen LogP contribution in [0.1, 0.15) is 5.56 Å². The Hall–Kier alpha value is -0.650. The van der Waals surface area contributed by atoms with Crippen LogP contribution in [0.5, 0.6) is 0 Å². The molecule has 4 heteroatoms. The normalized spacial score (nSPS) is 9.92. The third kappa shape index (κ3) is 4.21. The molecule has 0 bridgehead atoms. The molecule has 0 radical (unpaired) electrons. The van der Waals surface area contributed by atoms with Crippen molar-refractivity contribution in [3.8, 4) is 0 Å². The van der Waals surface area contributed by atoms with Crippen molar-refractivity contribution in [3.63, 3.8) is 0 Å². The maximum absolute atomic E-state index is 11.1. The van der Waals surface area contributed by atoms with Crippen LogP contribution in [0.25, 0.3) is 0 Å². The van der Waals surface area contributed by atoms with Crippen molar-refractivity contribution in [2.75, 3.05) is 9.36 Å². The molecule has 13 heavy (non-hydrogen) atoms. The molecule has 1 amide bonds. The molecule has 1 rings (SSSR count). The van der Waals surface area contributed by atoms with Crippen LogP contribution in [0.15, 0.2) is 24.5 Å². The summed E-state index contributed by atoms with van der Waals surface area (Å²) in [6.07, 6.45) is 3.46. The van der Waals surface area contributed by atoms with Gasteiger partial charge in [-0.3, -0.25) is 0 Å². The molecule has 0 unspecified atom stereocenters. The summed E-state index contributed by atoms with van der Waals surface area (Å²) in [6.45, 7) is 0.616. The topological polar surface area (TPSA) is 42.0 Å². The van der Waals surface area contributed by atoms with Gasteiger partial charge >= 0.3 is 88.2 Å². The summed E-state index contributed by atoms with van der Waals surface area (Å²) >= 11 is 0.0602. The fourth-order valence-electron chi connectivity index (χ4n) is 0.870. The van der Waals surface area contributed by atoms with Gasteiger partial charge < -0.3 is 0 Å². The molecule has 1 N–H and O–H groups in total. The number of hydrogen-bond acceptors (Lipinski definition) is 2. The SMILES string of the molecule is C[I-]CC(=O)NCc1ccncc1. The Kier molecular flexibility index (Phi) is 4.74. The number of alkyl halides is 2. The summed E-state index contributed by atoms with van der Waals surface area (Å²) < 4.78 is 0.712. The van der Waals surface area contributed by atoms with E-state index in [9.17, 15) is 4.79 Å². The first-order valence-electron chi connectivity index (χ1n) is 3.92. The molecule has 0 aromatic carbocycles. The van der Waals surface area contributed by atoms with Crippen molar-refractivity contribution < 1.29 is 26.0 Å². The van der Waals surface area contributed by atoms with Gasteiger partial charge in [0.05, 0.1) is 0 Å². The first-order valence-corrected chi connectivity index (χ1v) is 7.60. The van der Waals surface area contributed by atoms with Gasteiger partial charge in [-0.15, -0.1) is 0 Å². The van der Waals surface area contributed by atoms with Crippen molar-refractivity contribution in [1.29, 1.82) is 0 Å². The molecule has 0 spiro atoms. The molecule has 1 heterocycles. The van der Waals surface area contributed by atoms with Crippen LogP contribution in [0.3, 0.4) is 0 Å². The van der Waals surface area contributed by atoms with Gasteiger partial charge in [0, 0.05) is 0 Å². The van der Waals surface area contributed by atoms with E-state index >= 15 is 0 Å². The standard InChI is InChI=1S/C9H12IN2O/c1-10-6-9(13)12-7-8-2-4-11-5-3-8/h2-5H,6-7H2,1H3,(H,12,13)/q-1. The number of nitrogens with one attached hydrogen (secondary N) is 1. The van der Waals surface area contributed by atoms with Crippen LogP contribution >= 0.6 is 0 Å². The van der Waals surface area contributed by atoms with Gasteiger partial charge in [-0.05, 0) is 0 Å². The third-order valence-electron chi connectivity index (χ3n) is 1.49. The first-order chi connectivity index (χ1) is 6.33. The van der Waals surface area contributed by atoms with E-state index in [2.05, 4.69) is 15.2 Å². The molecule has 72 valence electrons. The molecule has 0 aliphatic heterocycles. The Morgan fingerprint density at radius 2 is 2.23 bits per heavy atom. The second-order valence-electron chi connectivity index (χ2n) is 2.53. The Bertz CT molecular complexity index is 264. The van der Waals surface area contributed by atoms with Crippen LogP contribution in [-0.4, -0.2) is 20.2 Å². The third-order valence-corrected chi connectivity index (χ3v) is 2.95. The van der Waals surface area contributed by atoms with E-state index in [0.717, 1.165) is 5.56 Å². The van der Waals surface area contributed by atoms with Gasteiger partial charge in [0.2, 0.25) is 0 Å².